The van der Waals surface area contributed by atoms with Crippen LogP contribution in [0.15, 0.2) is 36.5 Å². The summed E-state index contributed by atoms with van der Waals surface area (Å²) in [5.41, 5.74) is 1.58. The number of aliphatic carboxylic acids is 1. The fourth-order valence-electron chi connectivity index (χ4n) is 3.84. The molecule has 5 heteroatoms. The Morgan fingerprint density at radius 2 is 2.04 bits per heavy atom. The fraction of sp³-hybridized carbons (Fsp3) is 0.474. The molecule has 1 N–H and O–H groups in total. The van der Waals surface area contributed by atoms with Gasteiger partial charge in [-0.05, 0) is 31.2 Å². The Bertz CT molecular complexity index is 751. The van der Waals surface area contributed by atoms with E-state index in [1.807, 2.05) is 19.2 Å². The largest absolute Gasteiger partial charge is 0.480 e. The summed E-state index contributed by atoms with van der Waals surface area (Å²) in [5.74, 6) is 0.223. The Balaban J connectivity index is 1.56. The van der Waals surface area contributed by atoms with Gasteiger partial charge in [-0.15, -0.1) is 0 Å². The Morgan fingerprint density at radius 1 is 1.29 bits per heavy atom. The zero-order valence-electron chi connectivity index (χ0n) is 14.0. The van der Waals surface area contributed by atoms with Crippen LogP contribution in [0, 0.1) is 5.92 Å². The normalized spacial score (nSPS) is 20.4. The number of fused-ring (bicyclic) bond motifs is 1. The Labute approximate surface area is 141 Å². The van der Waals surface area contributed by atoms with E-state index in [9.17, 15) is 9.90 Å². The average Bonchev–Trinajstić information content (AvgIpc) is 3.35. The highest BCUT2D eigenvalue weighted by Gasteiger charge is 2.52. The molecule has 1 aromatic carbocycles. The first-order chi connectivity index (χ1) is 11.6. The van der Waals surface area contributed by atoms with Crippen LogP contribution in [0.2, 0.25) is 0 Å². The van der Waals surface area contributed by atoms with Crippen molar-refractivity contribution in [2.24, 2.45) is 5.92 Å². The summed E-state index contributed by atoms with van der Waals surface area (Å²) in [4.78, 5) is 18.9. The SMILES string of the molecule is CC(C(=O)O)(c1ncc2n1CCN(Cc1ccccc1)C2)C1CC1. The van der Waals surface area contributed by atoms with Gasteiger partial charge in [0.25, 0.3) is 0 Å². The van der Waals surface area contributed by atoms with Crippen molar-refractivity contribution < 1.29 is 9.90 Å². The maximum atomic E-state index is 11.9. The topological polar surface area (TPSA) is 58.4 Å². The second kappa shape index (κ2) is 5.74. The van der Waals surface area contributed by atoms with Crippen molar-refractivity contribution in [1.29, 1.82) is 0 Å². The summed E-state index contributed by atoms with van der Waals surface area (Å²) in [6.45, 7) is 5.32. The molecule has 0 radical (unpaired) electrons. The van der Waals surface area contributed by atoms with Gasteiger partial charge in [0.15, 0.2) is 0 Å². The third kappa shape index (κ3) is 2.53. The number of benzene rings is 1. The van der Waals surface area contributed by atoms with Gasteiger partial charge in [-0.3, -0.25) is 9.69 Å². The molecule has 1 aliphatic heterocycles. The van der Waals surface area contributed by atoms with Crippen LogP contribution in [0.4, 0.5) is 0 Å². The Morgan fingerprint density at radius 3 is 2.71 bits per heavy atom. The molecule has 5 nitrogen and oxygen atoms in total. The van der Waals surface area contributed by atoms with Crippen LogP contribution in [0.3, 0.4) is 0 Å². The molecular formula is C19H23N3O2. The monoisotopic (exact) mass is 325 g/mol. The van der Waals surface area contributed by atoms with E-state index < -0.39 is 11.4 Å². The van der Waals surface area contributed by atoms with Crippen molar-refractivity contribution in [3.8, 4) is 0 Å². The van der Waals surface area contributed by atoms with Gasteiger partial charge in [-0.25, -0.2) is 4.98 Å². The van der Waals surface area contributed by atoms with E-state index in [4.69, 9.17) is 0 Å². The third-order valence-electron chi connectivity index (χ3n) is 5.52. The first-order valence-corrected chi connectivity index (χ1v) is 8.63. The van der Waals surface area contributed by atoms with E-state index in [0.29, 0.717) is 0 Å². The lowest BCUT2D eigenvalue weighted by Crippen LogP contribution is -2.41. The lowest BCUT2D eigenvalue weighted by atomic mass is 9.83. The van der Waals surface area contributed by atoms with E-state index in [-0.39, 0.29) is 5.92 Å². The van der Waals surface area contributed by atoms with E-state index in [2.05, 4.69) is 38.7 Å². The Hall–Kier alpha value is -2.14. The average molecular weight is 325 g/mol. The summed E-state index contributed by atoms with van der Waals surface area (Å²) in [7, 11) is 0. The quantitative estimate of drug-likeness (QED) is 0.918. The first kappa shape index (κ1) is 15.4. The Kier molecular flexibility index (Phi) is 3.68. The van der Waals surface area contributed by atoms with E-state index in [0.717, 1.165) is 50.5 Å². The standard InChI is InChI=1S/C19H23N3O2/c1-19(18(23)24,15-7-8-15)17-20-11-16-13-21(9-10-22(16)17)12-14-5-3-2-4-6-14/h2-6,11,15H,7-10,12-13H2,1H3,(H,23,24). The molecule has 0 saturated heterocycles. The lowest BCUT2D eigenvalue weighted by Gasteiger charge is -2.32. The minimum absolute atomic E-state index is 0.226. The van der Waals surface area contributed by atoms with E-state index in [1.54, 1.807) is 0 Å². The van der Waals surface area contributed by atoms with Gasteiger partial charge in [-0.2, -0.15) is 0 Å². The summed E-state index contributed by atoms with van der Waals surface area (Å²) < 4.78 is 2.15. The minimum Gasteiger partial charge on any atom is -0.480 e. The van der Waals surface area contributed by atoms with Gasteiger partial charge in [0, 0.05) is 32.4 Å². The van der Waals surface area contributed by atoms with Crippen LogP contribution in [0.25, 0.3) is 0 Å². The smallest absolute Gasteiger partial charge is 0.317 e. The van der Waals surface area contributed by atoms with Gasteiger partial charge in [-0.1, -0.05) is 30.3 Å². The van der Waals surface area contributed by atoms with Crippen LogP contribution in [0.5, 0.6) is 0 Å². The van der Waals surface area contributed by atoms with Crippen molar-refractivity contribution in [2.45, 2.75) is 44.8 Å². The van der Waals surface area contributed by atoms with Crippen LogP contribution in [-0.2, 0) is 29.8 Å². The molecule has 1 fully saturated rings. The number of nitrogens with zero attached hydrogens (tertiary/aromatic N) is 3. The summed E-state index contributed by atoms with van der Waals surface area (Å²) in [6.07, 6.45) is 3.85. The summed E-state index contributed by atoms with van der Waals surface area (Å²) in [6, 6.07) is 10.5. The van der Waals surface area contributed by atoms with Gasteiger partial charge in [0.05, 0.1) is 5.69 Å². The highest BCUT2D eigenvalue weighted by atomic mass is 16.4. The minimum atomic E-state index is -0.847. The number of carboxylic acids is 1. The number of rotatable bonds is 5. The third-order valence-corrected chi connectivity index (χ3v) is 5.52. The first-order valence-electron chi connectivity index (χ1n) is 8.63. The molecule has 2 aliphatic rings. The number of hydrogen-bond acceptors (Lipinski definition) is 3. The molecule has 126 valence electrons. The summed E-state index contributed by atoms with van der Waals surface area (Å²) >= 11 is 0. The predicted octanol–water partition coefficient (Wildman–Crippen LogP) is 2.65. The number of imidazole rings is 1. The fourth-order valence-corrected chi connectivity index (χ4v) is 3.84. The van der Waals surface area contributed by atoms with Crippen LogP contribution < -0.4 is 0 Å². The molecular weight excluding hydrogens is 302 g/mol. The molecule has 0 spiro atoms. The molecule has 1 atom stereocenters. The predicted molar refractivity (Wildman–Crippen MR) is 90.5 cm³/mol. The van der Waals surface area contributed by atoms with Crippen molar-refractivity contribution >= 4 is 5.97 Å². The number of hydrogen-bond donors (Lipinski definition) is 1. The molecule has 1 unspecified atom stereocenters. The van der Waals surface area contributed by atoms with Crippen molar-refractivity contribution in [2.75, 3.05) is 6.54 Å². The molecule has 1 aliphatic carbocycles. The van der Waals surface area contributed by atoms with Gasteiger partial charge in [0.2, 0.25) is 0 Å². The van der Waals surface area contributed by atoms with Gasteiger partial charge >= 0.3 is 5.97 Å². The maximum absolute atomic E-state index is 11.9. The molecule has 1 aromatic heterocycles. The van der Waals surface area contributed by atoms with Gasteiger partial charge < -0.3 is 9.67 Å². The molecule has 2 aromatic rings. The van der Waals surface area contributed by atoms with Crippen LogP contribution in [0.1, 0.15) is 36.8 Å². The highest BCUT2D eigenvalue weighted by molar-refractivity contribution is 5.80. The van der Waals surface area contributed by atoms with Crippen LogP contribution >= 0.6 is 0 Å². The van der Waals surface area contributed by atoms with Crippen molar-refractivity contribution in [3.63, 3.8) is 0 Å². The molecule has 2 heterocycles. The second-order valence-corrected chi connectivity index (χ2v) is 7.20. The maximum Gasteiger partial charge on any atom is 0.317 e. The summed E-state index contributed by atoms with van der Waals surface area (Å²) in [5, 5.41) is 9.80. The molecule has 0 amide bonds. The molecule has 0 bridgehead atoms. The number of aromatic nitrogens is 2. The lowest BCUT2D eigenvalue weighted by molar-refractivity contribution is -0.144. The molecule has 24 heavy (non-hydrogen) atoms. The molecule has 1 saturated carbocycles. The number of carboxylic acid groups (broad SMARTS) is 1. The molecule has 4 rings (SSSR count). The van der Waals surface area contributed by atoms with Crippen molar-refractivity contribution in [1.82, 2.24) is 14.5 Å². The van der Waals surface area contributed by atoms with Crippen molar-refractivity contribution in [3.05, 3.63) is 53.6 Å². The zero-order chi connectivity index (χ0) is 16.7. The van der Waals surface area contributed by atoms with Crippen LogP contribution in [-0.4, -0.2) is 32.1 Å². The van der Waals surface area contributed by atoms with Gasteiger partial charge in [0.1, 0.15) is 11.2 Å². The highest BCUT2D eigenvalue weighted by Crippen LogP contribution is 2.47. The van der Waals surface area contributed by atoms with E-state index >= 15 is 0 Å². The second-order valence-electron chi connectivity index (χ2n) is 7.20. The van der Waals surface area contributed by atoms with E-state index in [1.165, 1.54) is 5.56 Å². The number of carbonyl (C=O) groups is 1. The zero-order valence-corrected chi connectivity index (χ0v) is 14.0.